The quantitative estimate of drug-likeness (QED) is 0.743. The van der Waals surface area contributed by atoms with Gasteiger partial charge in [-0.2, -0.15) is 14.6 Å². The number of hydrogen-bond acceptors (Lipinski definition) is 4. The maximum absolute atomic E-state index is 4.51. The highest BCUT2D eigenvalue weighted by Crippen LogP contribution is 2.49. The Labute approximate surface area is 136 Å². The zero-order valence-corrected chi connectivity index (χ0v) is 13.8. The molecule has 0 N–H and O–H groups in total. The molecule has 1 aromatic carbocycles. The number of nitrogens with zero attached hydrogens (tertiary/aromatic N) is 5. The van der Waals surface area contributed by atoms with Crippen LogP contribution in [0.25, 0.3) is 5.78 Å². The van der Waals surface area contributed by atoms with Crippen LogP contribution < -0.4 is 4.90 Å². The van der Waals surface area contributed by atoms with Gasteiger partial charge in [-0.3, -0.25) is 0 Å². The van der Waals surface area contributed by atoms with Crippen LogP contribution in [0.2, 0.25) is 0 Å². The zero-order valence-electron chi connectivity index (χ0n) is 13.8. The molecule has 0 radical (unpaired) electrons. The molecular formula is C18H21N5. The van der Waals surface area contributed by atoms with E-state index in [9.17, 15) is 0 Å². The molecule has 118 valence electrons. The van der Waals surface area contributed by atoms with Crippen molar-refractivity contribution in [3.63, 3.8) is 0 Å². The maximum Gasteiger partial charge on any atom is 0.254 e. The van der Waals surface area contributed by atoms with Crippen molar-refractivity contribution in [2.24, 2.45) is 0 Å². The molecule has 1 aliphatic rings. The van der Waals surface area contributed by atoms with Crippen LogP contribution in [0.15, 0.2) is 36.7 Å². The Morgan fingerprint density at radius 3 is 2.61 bits per heavy atom. The number of anilines is 1. The van der Waals surface area contributed by atoms with Gasteiger partial charge in [0.25, 0.3) is 5.78 Å². The van der Waals surface area contributed by atoms with Crippen LogP contribution in [-0.2, 0) is 5.41 Å². The topological polar surface area (TPSA) is 46.3 Å². The van der Waals surface area contributed by atoms with Crippen LogP contribution in [0.3, 0.4) is 0 Å². The Balaban J connectivity index is 1.72. The van der Waals surface area contributed by atoms with Gasteiger partial charge in [0, 0.05) is 30.3 Å². The summed E-state index contributed by atoms with van der Waals surface area (Å²) < 4.78 is 1.85. The minimum Gasteiger partial charge on any atom is -0.358 e. The normalized spacial score (nSPS) is 15.8. The van der Waals surface area contributed by atoms with E-state index in [0.29, 0.717) is 5.78 Å². The minimum atomic E-state index is 0.270. The molecule has 3 aromatic rings. The first-order chi connectivity index (χ1) is 11.1. The Morgan fingerprint density at radius 1 is 1.17 bits per heavy atom. The second-order valence-corrected chi connectivity index (χ2v) is 6.62. The molecule has 4 rings (SSSR count). The van der Waals surface area contributed by atoms with Gasteiger partial charge in [-0.05, 0) is 32.3 Å². The van der Waals surface area contributed by atoms with Gasteiger partial charge in [0.05, 0.1) is 0 Å². The second kappa shape index (κ2) is 5.05. The largest absolute Gasteiger partial charge is 0.358 e. The first-order valence-electron chi connectivity index (χ1n) is 8.04. The van der Waals surface area contributed by atoms with E-state index in [1.54, 1.807) is 6.33 Å². The van der Waals surface area contributed by atoms with Crippen LogP contribution in [0, 0.1) is 13.8 Å². The smallest absolute Gasteiger partial charge is 0.254 e. The lowest BCUT2D eigenvalue weighted by Crippen LogP contribution is -2.31. The predicted molar refractivity (Wildman–Crippen MR) is 90.9 cm³/mol. The highest BCUT2D eigenvalue weighted by molar-refractivity contribution is 5.54. The van der Waals surface area contributed by atoms with Gasteiger partial charge in [0.15, 0.2) is 0 Å². The summed E-state index contributed by atoms with van der Waals surface area (Å²) in [5, 5.41) is 4.37. The average molecular weight is 307 g/mol. The van der Waals surface area contributed by atoms with E-state index in [-0.39, 0.29) is 5.41 Å². The van der Waals surface area contributed by atoms with Crippen molar-refractivity contribution < 1.29 is 0 Å². The molecular weight excluding hydrogens is 286 g/mol. The molecule has 1 fully saturated rings. The van der Waals surface area contributed by atoms with Gasteiger partial charge in [0.2, 0.25) is 0 Å². The van der Waals surface area contributed by atoms with Gasteiger partial charge in [-0.25, -0.2) is 4.98 Å². The summed E-state index contributed by atoms with van der Waals surface area (Å²) in [5.74, 6) is 1.76. The third-order valence-corrected chi connectivity index (χ3v) is 5.02. The molecule has 5 heteroatoms. The van der Waals surface area contributed by atoms with Crippen molar-refractivity contribution in [2.45, 2.75) is 32.1 Å². The average Bonchev–Trinajstić information content (AvgIpc) is 3.19. The molecule has 1 aliphatic carbocycles. The molecule has 5 nitrogen and oxygen atoms in total. The molecule has 0 amide bonds. The number of likely N-dealkylation sites (N-methyl/N-ethyl adjacent to an activating group) is 1. The summed E-state index contributed by atoms with van der Waals surface area (Å²) in [7, 11) is 2.14. The Hall–Kier alpha value is -2.43. The second-order valence-electron chi connectivity index (χ2n) is 6.62. The van der Waals surface area contributed by atoms with Crippen LogP contribution >= 0.6 is 0 Å². The van der Waals surface area contributed by atoms with Gasteiger partial charge in [0.1, 0.15) is 12.1 Å². The lowest BCUT2D eigenvalue weighted by molar-refractivity contribution is 0.659. The standard InChI is InChI=1S/C18H21N5/c1-13-14(2)21-17-19-12-20-23(17)16(13)22(3)11-18(9-10-18)15-7-5-4-6-8-15/h4-8,12H,9-11H2,1-3H3. The minimum absolute atomic E-state index is 0.270. The highest BCUT2D eigenvalue weighted by atomic mass is 15.4. The molecule has 0 unspecified atom stereocenters. The molecule has 2 heterocycles. The van der Waals surface area contributed by atoms with E-state index in [1.807, 2.05) is 11.4 Å². The van der Waals surface area contributed by atoms with Crippen molar-refractivity contribution in [3.05, 3.63) is 53.5 Å². The van der Waals surface area contributed by atoms with E-state index >= 15 is 0 Å². The van der Waals surface area contributed by atoms with Crippen molar-refractivity contribution in [2.75, 3.05) is 18.5 Å². The van der Waals surface area contributed by atoms with Crippen molar-refractivity contribution in [1.29, 1.82) is 0 Å². The van der Waals surface area contributed by atoms with Gasteiger partial charge in [-0.1, -0.05) is 30.3 Å². The molecule has 0 aliphatic heterocycles. The Morgan fingerprint density at radius 2 is 1.91 bits per heavy atom. The number of aromatic nitrogens is 4. The number of benzene rings is 1. The third-order valence-electron chi connectivity index (χ3n) is 5.02. The van der Waals surface area contributed by atoms with E-state index in [1.165, 1.54) is 18.4 Å². The molecule has 1 saturated carbocycles. The van der Waals surface area contributed by atoms with Crippen LogP contribution in [0.4, 0.5) is 5.82 Å². The lowest BCUT2D eigenvalue weighted by atomic mass is 9.95. The molecule has 0 atom stereocenters. The maximum atomic E-state index is 4.51. The number of rotatable bonds is 4. The third kappa shape index (κ3) is 2.27. The summed E-state index contributed by atoms with van der Waals surface area (Å²) in [6, 6.07) is 10.8. The van der Waals surface area contributed by atoms with E-state index in [0.717, 1.165) is 23.6 Å². The fourth-order valence-electron chi connectivity index (χ4n) is 3.47. The van der Waals surface area contributed by atoms with E-state index < -0.39 is 0 Å². The molecule has 0 spiro atoms. The van der Waals surface area contributed by atoms with Crippen LogP contribution in [-0.4, -0.2) is 33.2 Å². The van der Waals surface area contributed by atoms with Crippen LogP contribution in [0.1, 0.15) is 29.7 Å². The molecule has 2 aromatic heterocycles. The molecule has 23 heavy (non-hydrogen) atoms. The summed E-state index contributed by atoms with van der Waals surface area (Å²) in [6.45, 7) is 5.12. The fourth-order valence-corrected chi connectivity index (χ4v) is 3.47. The molecule has 0 bridgehead atoms. The summed E-state index contributed by atoms with van der Waals surface area (Å²) >= 11 is 0. The highest BCUT2D eigenvalue weighted by Gasteiger charge is 2.45. The first kappa shape index (κ1) is 14.2. The Bertz CT molecular complexity index is 848. The zero-order chi connectivity index (χ0) is 16.0. The van der Waals surface area contributed by atoms with E-state index in [4.69, 9.17) is 0 Å². The van der Waals surface area contributed by atoms with Gasteiger partial charge >= 0.3 is 0 Å². The summed E-state index contributed by atoms with van der Waals surface area (Å²) in [4.78, 5) is 11.1. The lowest BCUT2D eigenvalue weighted by Gasteiger charge is -2.27. The van der Waals surface area contributed by atoms with E-state index in [2.05, 4.69) is 64.3 Å². The van der Waals surface area contributed by atoms with Crippen molar-refractivity contribution in [1.82, 2.24) is 19.6 Å². The summed E-state index contributed by atoms with van der Waals surface area (Å²) in [5.41, 5.74) is 3.88. The number of fused-ring (bicyclic) bond motifs is 1. The van der Waals surface area contributed by atoms with Crippen LogP contribution in [0.5, 0.6) is 0 Å². The van der Waals surface area contributed by atoms with Crippen molar-refractivity contribution >= 4 is 11.6 Å². The van der Waals surface area contributed by atoms with Gasteiger partial charge < -0.3 is 4.90 Å². The number of aryl methyl sites for hydroxylation is 1. The Kier molecular flexibility index (Phi) is 3.11. The van der Waals surface area contributed by atoms with Gasteiger partial charge in [-0.15, -0.1) is 0 Å². The van der Waals surface area contributed by atoms with Crippen molar-refractivity contribution in [3.8, 4) is 0 Å². The fraction of sp³-hybridized carbons (Fsp3) is 0.389. The SMILES string of the molecule is Cc1nc2ncnn2c(N(C)CC2(c3ccccc3)CC2)c1C. The number of hydrogen-bond donors (Lipinski definition) is 0. The summed E-state index contributed by atoms with van der Waals surface area (Å²) in [6.07, 6.45) is 4.05. The molecule has 0 saturated heterocycles. The predicted octanol–water partition coefficient (Wildman–Crippen LogP) is 2.91. The monoisotopic (exact) mass is 307 g/mol. The first-order valence-corrected chi connectivity index (χ1v) is 8.04.